The molecule has 9 nitrogen and oxygen atoms in total. The smallest absolute Gasteiger partial charge is 0.219 e. The minimum absolute atomic E-state index is 0.00775. The van der Waals surface area contributed by atoms with E-state index in [2.05, 4.69) is 65.4 Å². The summed E-state index contributed by atoms with van der Waals surface area (Å²) in [6.45, 7) is 8.88. The van der Waals surface area contributed by atoms with Gasteiger partial charge >= 0.3 is 0 Å². The number of nitrogens with two attached hydrogens (primary N) is 3. The molecule has 9 heteroatoms. The first-order chi connectivity index (χ1) is 18.8. The molecule has 0 saturated carbocycles. The summed E-state index contributed by atoms with van der Waals surface area (Å²) in [7, 11) is 0. The third-order valence-corrected chi connectivity index (χ3v) is 6.41. The van der Waals surface area contributed by atoms with Gasteiger partial charge in [0.05, 0.1) is 6.54 Å². The first-order valence-corrected chi connectivity index (χ1v) is 12.7. The second kappa shape index (κ2) is 11.8. The van der Waals surface area contributed by atoms with Gasteiger partial charge in [-0.3, -0.25) is 17.1 Å². The summed E-state index contributed by atoms with van der Waals surface area (Å²) in [5.41, 5.74) is 14.6. The average Bonchev–Trinajstić information content (AvgIpc) is 3.29. The van der Waals surface area contributed by atoms with Crippen molar-refractivity contribution in [1.29, 1.82) is 5.41 Å². The molecule has 2 aromatic carbocycles. The lowest BCUT2D eigenvalue weighted by atomic mass is 9.97. The van der Waals surface area contributed by atoms with Crippen molar-refractivity contribution in [2.24, 2.45) is 17.4 Å². The Hall–Kier alpha value is -4.60. The minimum Gasteiger partial charge on any atom is -0.439 e. The third-order valence-electron chi connectivity index (χ3n) is 6.41. The van der Waals surface area contributed by atoms with Crippen molar-refractivity contribution in [3.05, 3.63) is 101 Å². The molecule has 3 aromatic heterocycles. The maximum Gasteiger partial charge on any atom is 0.219 e. The summed E-state index contributed by atoms with van der Waals surface area (Å²) >= 11 is 0. The lowest BCUT2D eigenvalue weighted by Crippen LogP contribution is -2.12. The highest BCUT2D eigenvalue weighted by atomic mass is 16.5. The van der Waals surface area contributed by atoms with Crippen LogP contribution in [0.3, 0.4) is 0 Å². The maximum absolute atomic E-state index is 8.08. The van der Waals surface area contributed by atoms with Crippen LogP contribution in [0.15, 0.2) is 66.9 Å². The van der Waals surface area contributed by atoms with Crippen molar-refractivity contribution in [3.8, 4) is 22.8 Å². The molecule has 7 N–H and O–H groups in total. The monoisotopic (exact) mass is 522 g/mol. The Balaban J connectivity index is 0.00000172. The second-order valence-electron chi connectivity index (χ2n) is 9.31. The number of imidazole rings is 1. The van der Waals surface area contributed by atoms with Crippen LogP contribution in [0, 0.1) is 26.2 Å². The van der Waals surface area contributed by atoms with E-state index in [1.165, 1.54) is 0 Å². The lowest BCUT2D eigenvalue weighted by molar-refractivity contribution is 0.463. The van der Waals surface area contributed by atoms with Gasteiger partial charge in [-0.1, -0.05) is 37.3 Å². The summed E-state index contributed by atoms with van der Waals surface area (Å²) in [6.07, 6.45) is 2.60. The predicted molar refractivity (Wildman–Crippen MR) is 156 cm³/mol. The van der Waals surface area contributed by atoms with Gasteiger partial charge in [-0.2, -0.15) is 0 Å². The van der Waals surface area contributed by atoms with E-state index in [0.717, 1.165) is 56.9 Å². The van der Waals surface area contributed by atoms with Gasteiger partial charge in [0, 0.05) is 29.9 Å². The van der Waals surface area contributed by atoms with Crippen LogP contribution in [0.1, 0.15) is 40.7 Å². The number of fused-ring (bicyclic) bond motifs is 1. The Labute approximate surface area is 228 Å². The normalized spacial score (nSPS) is 10.7. The van der Waals surface area contributed by atoms with Crippen LogP contribution in [0.5, 0.6) is 11.6 Å². The van der Waals surface area contributed by atoms with Crippen LogP contribution in [0.25, 0.3) is 22.3 Å². The lowest BCUT2D eigenvalue weighted by Gasteiger charge is -2.13. The number of pyridine rings is 2. The largest absolute Gasteiger partial charge is 0.439 e. The molecular formula is C30H34N8O. The van der Waals surface area contributed by atoms with Crippen molar-refractivity contribution in [2.45, 2.75) is 40.7 Å². The molecule has 0 fully saturated rings. The molecule has 0 amide bonds. The minimum atomic E-state index is 0.00775. The number of ether oxygens (including phenoxy) is 1. The first kappa shape index (κ1) is 27.4. The standard InChI is InChI=1S/C30H30N6O.H4N2/c1-5-26-35-28-19(3)14-20(4)34-30(28)36(26)17-21-7-9-22(10-8-21)25-15-23(11-12-24(25)29(31)32)37-27-13-6-18(2)16-33-27;1-2/h6-16H,5,17H2,1-4H3,(H3,31,32);1-2H2. The predicted octanol–water partition coefficient (Wildman–Crippen LogP) is 4.92. The fourth-order valence-electron chi connectivity index (χ4n) is 4.55. The van der Waals surface area contributed by atoms with E-state index in [0.29, 0.717) is 23.7 Å². The fraction of sp³-hybridized carbons (Fsp3) is 0.200. The Bertz CT molecular complexity index is 1610. The number of benzene rings is 2. The third kappa shape index (κ3) is 5.95. The highest BCUT2D eigenvalue weighted by Gasteiger charge is 2.15. The summed E-state index contributed by atoms with van der Waals surface area (Å²) in [5.74, 6) is 10.2. The molecule has 5 rings (SSSR count). The Morgan fingerprint density at radius 1 is 0.949 bits per heavy atom. The van der Waals surface area contributed by atoms with Crippen molar-refractivity contribution in [2.75, 3.05) is 0 Å². The molecule has 0 saturated heterocycles. The number of hydrogen-bond acceptors (Lipinski definition) is 7. The Morgan fingerprint density at radius 3 is 2.33 bits per heavy atom. The number of nitrogen functional groups attached to an aromatic ring is 1. The second-order valence-corrected chi connectivity index (χ2v) is 9.31. The number of nitrogens with one attached hydrogen (secondary N) is 1. The van der Waals surface area contributed by atoms with E-state index in [4.69, 9.17) is 25.8 Å². The van der Waals surface area contributed by atoms with Crippen LogP contribution in [0.4, 0.5) is 0 Å². The summed E-state index contributed by atoms with van der Waals surface area (Å²) in [5, 5.41) is 8.08. The molecule has 0 aliphatic carbocycles. The van der Waals surface area contributed by atoms with Crippen LogP contribution >= 0.6 is 0 Å². The molecule has 0 unspecified atom stereocenters. The highest BCUT2D eigenvalue weighted by molar-refractivity contribution is 6.01. The van der Waals surface area contributed by atoms with E-state index in [1.54, 1.807) is 6.20 Å². The van der Waals surface area contributed by atoms with E-state index in [9.17, 15) is 0 Å². The average molecular weight is 523 g/mol. The molecule has 5 aromatic rings. The van der Waals surface area contributed by atoms with E-state index in [1.807, 2.05) is 44.2 Å². The SMILES string of the molecule is CCc1nc2c(C)cc(C)nc2n1Cc1ccc(-c2cc(Oc3ccc(C)cn3)ccc2C(=N)N)cc1.NN. The maximum atomic E-state index is 8.08. The van der Waals surface area contributed by atoms with Gasteiger partial charge in [0.15, 0.2) is 5.65 Å². The molecule has 3 heterocycles. The number of amidine groups is 1. The Morgan fingerprint density at radius 2 is 1.69 bits per heavy atom. The quantitative estimate of drug-likeness (QED) is 0.102. The van der Waals surface area contributed by atoms with Gasteiger partial charge in [-0.05, 0) is 72.9 Å². The molecule has 0 aliphatic rings. The molecular weight excluding hydrogens is 488 g/mol. The van der Waals surface area contributed by atoms with Crippen molar-refractivity contribution in [3.63, 3.8) is 0 Å². The number of hydrogen-bond donors (Lipinski definition) is 4. The first-order valence-electron chi connectivity index (χ1n) is 12.7. The molecule has 0 aliphatic heterocycles. The fourth-order valence-corrected chi connectivity index (χ4v) is 4.55. The topological polar surface area (TPSA) is 155 Å². The number of nitrogens with zero attached hydrogens (tertiary/aromatic N) is 4. The van der Waals surface area contributed by atoms with Gasteiger partial charge in [-0.15, -0.1) is 0 Å². The zero-order valence-corrected chi connectivity index (χ0v) is 22.7. The number of aryl methyl sites for hydroxylation is 4. The van der Waals surface area contributed by atoms with Crippen molar-refractivity contribution in [1.82, 2.24) is 19.5 Å². The van der Waals surface area contributed by atoms with Gasteiger partial charge in [-0.25, -0.2) is 15.0 Å². The zero-order chi connectivity index (χ0) is 28.1. The molecule has 200 valence electrons. The number of rotatable bonds is 7. The molecule has 0 atom stereocenters. The number of aromatic nitrogens is 4. The summed E-state index contributed by atoms with van der Waals surface area (Å²) < 4.78 is 8.17. The van der Waals surface area contributed by atoms with Crippen LogP contribution < -0.4 is 22.2 Å². The van der Waals surface area contributed by atoms with Crippen LogP contribution in [0.2, 0.25) is 0 Å². The molecule has 39 heavy (non-hydrogen) atoms. The van der Waals surface area contributed by atoms with E-state index in [-0.39, 0.29) is 5.84 Å². The van der Waals surface area contributed by atoms with Crippen LogP contribution in [-0.4, -0.2) is 25.4 Å². The van der Waals surface area contributed by atoms with Crippen LogP contribution in [-0.2, 0) is 13.0 Å². The Kier molecular flexibility index (Phi) is 8.33. The zero-order valence-electron chi connectivity index (χ0n) is 22.7. The summed E-state index contributed by atoms with van der Waals surface area (Å²) in [6, 6.07) is 19.7. The van der Waals surface area contributed by atoms with E-state index < -0.39 is 0 Å². The molecule has 0 bridgehead atoms. The van der Waals surface area contributed by atoms with Gasteiger partial charge in [0.25, 0.3) is 0 Å². The van der Waals surface area contributed by atoms with Crippen molar-refractivity contribution < 1.29 is 4.74 Å². The molecule has 0 radical (unpaired) electrons. The summed E-state index contributed by atoms with van der Waals surface area (Å²) in [4.78, 5) is 14.0. The molecule has 0 spiro atoms. The van der Waals surface area contributed by atoms with Crippen molar-refractivity contribution >= 4 is 17.0 Å². The number of hydrazine groups is 1. The van der Waals surface area contributed by atoms with E-state index >= 15 is 0 Å². The van der Waals surface area contributed by atoms with Gasteiger partial charge in [0.2, 0.25) is 5.88 Å². The van der Waals surface area contributed by atoms with Gasteiger partial charge in [0.1, 0.15) is 22.9 Å². The highest BCUT2D eigenvalue weighted by Crippen LogP contribution is 2.31. The van der Waals surface area contributed by atoms with Gasteiger partial charge < -0.3 is 15.0 Å².